The lowest BCUT2D eigenvalue weighted by Crippen LogP contribution is -2.45. The SMILES string of the molecule is C=CC[C@@](O)(CN)C(=O)O. The molecule has 0 aromatic carbocycles. The number of aliphatic hydroxyl groups is 1. The smallest absolute Gasteiger partial charge is 0.337 e. The molecule has 0 saturated carbocycles. The zero-order chi connectivity index (χ0) is 8.20. The monoisotopic (exact) mass is 145 g/mol. The second-order valence-corrected chi connectivity index (χ2v) is 2.03. The average molecular weight is 145 g/mol. The first-order chi connectivity index (χ1) is 4.56. The summed E-state index contributed by atoms with van der Waals surface area (Å²) in [5, 5.41) is 17.5. The van der Waals surface area contributed by atoms with Gasteiger partial charge in [0.2, 0.25) is 0 Å². The standard InChI is InChI=1S/C6H11NO3/c1-2-3-6(10,4-7)5(8)9/h2,10H,1,3-4,7H2,(H,8,9)/t6-/m1/s1. The van der Waals surface area contributed by atoms with Crippen molar-refractivity contribution in [3.63, 3.8) is 0 Å². The highest BCUT2D eigenvalue weighted by Crippen LogP contribution is 2.08. The number of carboxylic acid groups (broad SMARTS) is 1. The van der Waals surface area contributed by atoms with E-state index >= 15 is 0 Å². The summed E-state index contributed by atoms with van der Waals surface area (Å²) in [6.45, 7) is 3.00. The van der Waals surface area contributed by atoms with Crippen molar-refractivity contribution in [3.05, 3.63) is 12.7 Å². The van der Waals surface area contributed by atoms with Crippen LogP contribution in [0.25, 0.3) is 0 Å². The summed E-state index contributed by atoms with van der Waals surface area (Å²) in [5.74, 6) is -1.31. The van der Waals surface area contributed by atoms with Crippen LogP contribution in [0.2, 0.25) is 0 Å². The number of hydrogen-bond acceptors (Lipinski definition) is 3. The number of aliphatic carboxylic acids is 1. The fraction of sp³-hybridized carbons (Fsp3) is 0.500. The van der Waals surface area contributed by atoms with Gasteiger partial charge in [0.15, 0.2) is 5.60 Å². The third-order valence-corrected chi connectivity index (χ3v) is 1.22. The molecule has 0 aliphatic heterocycles. The van der Waals surface area contributed by atoms with Gasteiger partial charge in [-0.25, -0.2) is 4.79 Å². The van der Waals surface area contributed by atoms with Gasteiger partial charge in [-0.2, -0.15) is 0 Å². The molecule has 0 aromatic heterocycles. The molecule has 1 atom stereocenters. The summed E-state index contributed by atoms with van der Waals surface area (Å²) in [6.07, 6.45) is 1.29. The van der Waals surface area contributed by atoms with Crippen LogP contribution in [-0.4, -0.2) is 28.3 Å². The van der Waals surface area contributed by atoms with Gasteiger partial charge in [0.1, 0.15) is 0 Å². The molecule has 58 valence electrons. The third kappa shape index (κ3) is 1.82. The largest absolute Gasteiger partial charge is 0.479 e. The van der Waals surface area contributed by atoms with Gasteiger partial charge in [0, 0.05) is 13.0 Å². The van der Waals surface area contributed by atoms with E-state index in [9.17, 15) is 4.79 Å². The van der Waals surface area contributed by atoms with Gasteiger partial charge in [-0.3, -0.25) is 0 Å². The Labute approximate surface area is 59.0 Å². The van der Waals surface area contributed by atoms with E-state index in [-0.39, 0.29) is 13.0 Å². The predicted molar refractivity (Wildman–Crippen MR) is 36.5 cm³/mol. The molecule has 0 rings (SSSR count). The van der Waals surface area contributed by atoms with E-state index < -0.39 is 11.6 Å². The molecule has 10 heavy (non-hydrogen) atoms. The summed E-state index contributed by atoms with van der Waals surface area (Å²) in [7, 11) is 0. The van der Waals surface area contributed by atoms with Gasteiger partial charge >= 0.3 is 5.97 Å². The zero-order valence-corrected chi connectivity index (χ0v) is 5.58. The lowest BCUT2D eigenvalue weighted by Gasteiger charge is -2.18. The lowest BCUT2D eigenvalue weighted by atomic mass is 10.0. The fourth-order valence-electron chi connectivity index (χ4n) is 0.497. The predicted octanol–water partition coefficient (Wildman–Crippen LogP) is -0.663. The topological polar surface area (TPSA) is 83.5 Å². The molecule has 0 radical (unpaired) electrons. The Hall–Kier alpha value is -0.870. The van der Waals surface area contributed by atoms with E-state index in [4.69, 9.17) is 15.9 Å². The second kappa shape index (κ2) is 3.34. The van der Waals surface area contributed by atoms with Crippen molar-refractivity contribution in [3.8, 4) is 0 Å². The maximum absolute atomic E-state index is 10.3. The number of rotatable bonds is 4. The normalized spacial score (nSPS) is 15.8. The molecule has 0 amide bonds. The van der Waals surface area contributed by atoms with E-state index in [0.29, 0.717) is 0 Å². The van der Waals surface area contributed by atoms with Crippen molar-refractivity contribution >= 4 is 5.97 Å². The quantitative estimate of drug-likeness (QED) is 0.458. The van der Waals surface area contributed by atoms with Crippen molar-refractivity contribution in [2.75, 3.05) is 6.54 Å². The summed E-state index contributed by atoms with van der Waals surface area (Å²) < 4.78 is 0. The average Bonchev–Trinajstić information content (AvgIpc) is 1.88. The Morgan fingerprint density at radius 2 is 2.30 bits per heavy atom. The Balaban J connectivity index is 4.21. The molecule has 0 aromatic rings. The minimum atomic E-state index is -1.83. The highest BCUT2D eigenvalue weighted by atomic mass is 16.4. The number of nitrogens with two attached hydrogens (primary N) is 1. The number of hydrogen-bond donors (Lipinski definition) is 3. The van der Waals surface area contributed by atoms with Gasteiger partial charge < -0.3 is 15.9 Å². The molecule has 4 N–H and O–H groups in total. The van der Waals surface area contributed by atoms with Crippen LogP contribution in [0, 0.1) is 0 Å². The Kier molecular flexibility index (Phi) is 3.05. The third-order valence-electron chi connectivity index (χ3n) is 1.22. The van der Waals surface area contributed by atoms with Gasteiger partial charge in [-0.05, 0) is 0 Å². The Bertz CT molecular complexity index is 146. The molecule has 0 aliphatic rings. The van der Waals surface area contributed by atoms with Gasteiger partial charge in [0.05, 0.1) is 0 Å². The van der Waals surface area contributed by atoms with Crippen molar-refractivity contribution < 1.29 is 15.0 Å². The molecule has 4 nitrogen and oxygen atoms in total. The maximum atomic E-state index is 10.3. The Morgan fingerprint density at radius 3 is 2.40 bits per heavy atom. The fourth-order valence-corrected chi connectivity index (χ4v) is 0.497. The van der Waals surface area contributed by atoms with Gasteiger partial charge in [0.25, 0.3) is 0 Å². The van der Waals surface area contributed by atoms with E-state index in [1.165, 1.54) is 6.08 Å². The Morgan fingerprint density at radius 1 is 1.80 bits per heavy atom. The molecule has 4 heteroatoms. The second-order valence-electron chi connectivity index (χ2n) is 2.03. The lowest BCUT2D eigenvalue weighted by molar-refractivity contribution is -0.156. The minimum Gasteiger partial charge on any atom is -0.479 e. The summed E-state index contributed by atoms with van der Waals surface area (Å²) in [6, 6.07) is 0. The van der Waals surface area contributed by atoms with Crippen molar-refractivity contribution in [1.82, 2.24) is 0 Å². The zero-order valence-electron chi connectivity index (χ0n) is 5.58. The van der Waals surface area contributed by atoms with Gasteiger partial charge in [-0.15, -0.1) is 6.58 Å². The van der Waals surface area contributed by atoms with Crippen LogP contribution in [0.3, 0.4) is 0 Å². The number of carboxylic acids is 1. The van der Waals surface area contributed by atoms with Crippen LogP contribution >= 0.6 is 0 Å². The first-order valence-corrected chi connectivity index (χ1v) is 2.83. The summed E-state index contributed by atoms with van der Waals surface area (Å²) >= 11 is 0. The molecule has 0 saturated heterocycles. The van der Waals surface area contributed by atoms with Crippen molar-refractivity contribution in [2.24, 2.45) is 5.73 Å². The van der Waals surface area contributed by atoms with Crippen LogP contribution in [0.1, 0.15) is 6.42 Å². The first kappa shape index (κ1) is 9.13. The molecular formula is C6H11NO3. The van der Waals surface area contributed by atoms with Crippen LogP contribution in [0.5, 0.6) is 0 Å². The van der Waals surface area contributed by atoms with Crippen LogP contribution < -0.4 is 5.73 Å². The van der Waals surface area contributed by atoms with Crippen LogP contribution in [-0.2, 0) is 4.79 Å². The van der Waals surface area contributed by atoms with E-state index in [0.717, 1.165) is 0 Å². The molecular weight excluding hydrogens is 134 g/mol. The van der Waals surface area contributed by atoms with Crippen LogP contribution in [0.4, 0.5) is 0 Å². The van der Waals surface area contributed by atoms with Crippen molar-refractivity contribution in [2.45, 2.75) is 12.0 Å². The highest BCUT2D eigenvalue weighted by molar-refractivity contribution is 5.77. The first-order valence-electron chi connectivity index (χ1n) is 2.83. The molecule has 0 aliphatic carbocycles. The molecule has 0 heterocycles. The van der Waals surface area contributed by atoms with E-state index in [1.54, 1.807) is 0 Å². The van der Waals surface area contributed by atoms with Gasteiger partial charge in [-0.1, -0.05) is 6.08 Å². The minimum absolute atomic E-state index is 0.0289. The summed E-state index contributed by atoms with van der Waals surface area (Å²) in [4.78, 5) is 10.3. The van der Waals surface area contributed by atoms with Crippen molar-refractivity contribution in [1.29, 1.82) is 0 Å². The number of carbonyl (C=O) groups is 1. The molecule has 0 spiro atoms. The molecule has 0 unspecified atom stereocenters. The maximum Gasteiger partial charge on any atom is 0.337 e. The molecule has 0 bridgehead atoms. The summed E-state index contributed by atoms with van der Waals surface area (Å²) in [5.41, 5.74) is 3.18. The van der Waals surface area contributed by atoms with E-state index in [2.05, 4.69) is 6.58 Å². The van der Waals surface area contributed by atoms with Crippen LogP contribution in [0.15, 0.2) is 12.7 Å². The van der Waals surface area contributed by atoms with E-state index in [1.807, 2.05) is 0 Å². The molecule has 0 fully saturated rings. The highest BCUT2D eigenvalue weighted by Gasteiger charge is 2.32.